The second-order valence-corrected chi connectivity index (χ2v) is 14.5. The van der Waals surface area contributed by atoms with E-state index in [1.165, 1.54) is 39.7 Å². The Morgan fingerprint density at radius 1 is 0.857 bits per heavy atom. The van der Waals surface area contributed by atoms with Crippen molar-refractivity contribution in [2.45, 2.75) is 33.1 Å². The van der Waals surface area contributed by atoms with Gasteiger partial charge in [-0.15, -0.1) is 45.3 Å². The second-order valence-electron chi connectivity index (χ2n) is 9.11. The third-order valence-corrected chi connectivity index (χ3v) is 12.7. The lowest BCUT2D eigenvalue weighted by atomic mass is 9.90. The largest absolute Gasteiger partial charge is 0.142 e. The monoisotopic (exact) mass is 550 g/mol. The van der Waals surface area contributed by atoms with E-state index in [4.69, 9.17) is 0 Å². The van der Waals surface area contributed by atoms with Gasteiger partial charge in [-0.05, 0) is 58.2 Å². The van der Waals surface area contributed by atoms with E-state index in [9.17, 15) is 0 Å². The molecule has 0 fully saturated rings. The maximum absolute atomic E-state index is 4.29. The summed E-state index contributed by atoms with van der Waals surface area (Å²) in [6.07, 6.45) is 3.85. The lowest BCUT2D eigenvalue weighted by molar-refractivity contribution is 0.671. The number of hydrogen-bond donors (Lipinski definition) is 0. The summed E-state index contributed by atoms with van der Waals surface area (Å²) in [6.45, 7) is 25.4. The number of rotatable bonds is 10. The molecule has 4 rings (SSSR count). The van der Waals surface area contributed by atoms with Crippen LogP contribution < -0.4 is 0 Å². The molecule has 0 bridgehead atoms. The first-order valence-corrected chi connectivity index (χ1v) is 15.5. The zero-order valence-electron chi connectivity index (χ0n) is 20.6. The van der Waals surface area contributed by atoms with Gasteiger partial charge in [-0.1, -0.05) is 77.9 Å². The molecule has 0 saturated carbocycles. The molecule has 0 spiro atoms. The standard InChI is InChI=1S/C30H30S5/c1-9-21-17-31-29(22(21)10-2)26-14-16-28(35-26)30(7,8)27-15-13-25(34-27)24-12-11-23(33-24)20(6)32-19(5)18(3)4/h9-18H,1-2,5-6H2,3-4,7-8H3. The van der Waals surface area contributed by atoms with E-state index < -0.39 is 0 Å². The smallest absolute Gasteiger partial charge is 0.0521 e. The van der Waals surface area contributed by atoms with Crippen molar-refractivity contribution in [3.63, 3.8) is 0 Å². The van der Waals surface area contributed by atoms with Crippen molar-refractivity contribution in [3.8, 4) is 19.5 Å². The average molecular weight is 551 g/mol. The Morgan fingerprint density at radius 3 is 2.09 bits per heavy atom. The van der Waals surface area contributed by atoms with Crippen molar-refractivity contribution >= 4 is 74.2 Å². The zero-order valence-corrected chi connectivity index (χ0v) is 24.7. The van der Waals surface area contributed by atoms with Gasteiger partial charge in [0, 0.05) is 45.1 Å². The SMILES string of the molecule is C=Cc1csc(-c2ccc(C(C)(C)c3ccc(-c4ccc(C(=C)SC(=C)C(C)C)s4)s3)s2)c1C=C. The molecule has 0 saturated heterocycles. The van der Waals surface area contributed by atoms with Crippen LogP contribution in [0.1, 0.15) is 53.5 Å². The third kappa shape index (κ3) is 5.30. The third-order valence-electron chi connectivity index (χ3n) is 5.97. The summed E-state index contributed by atoms with van der Waals surface area (Å²) >= 11 is 9.04. The van der Waals surface area contributed by atoms with Crippen LogP contribution in [-0.2, 0) is 5.41 Å². The summed E-state index contributed by atoms with van der Waals surface area (Å²) in [6, 6.07) is 13.5. The maximum atomic E-state index is 4.29. The fourth-order valence-corrected chi connectivity index (χ4v) is 9.06. The van der Waals surface area contributed by atoms with Crippen molar-refractivity contribution in [2.75, 3.05) is 0 Å². The minimum atomic E-state index is -0.0623. The van der Waals surface area contributed by atoms with E-state index in [1.807, 2.05) is 46.2 Å². The predicted molar refractivity (Wildman–Crippen MR) is 168 cm³/mol. The van der Waals surface area contributed by atoms with Gasteiger partial charge in [0.15, 0.2) is 0 Å². The maximum Gasteiger partial charge on any atom is 0.0521 e. The van der Waals surface area contributed by atoms with Gasteiger partial charge in [0.1, 0.15) is 0 Å². The predicted octanol–water partition coefficient (Wildman–Crippen LogP) is 11.8. The van der Waals surface area contributed by atoms with E-state index >= 15 is 0 Å². The van der Waals surface area contributed by atoms with Crippen LogP contribution in [0.15, 0.2) is 73.0 Å². The number of thioether (sulfide) groups is 1. The van der Waals surface area contributed by atoms with Crippen LogP contribution in [0, 0.1) is 5.92 Å². The molecule has 0 N–H and O–H groups in total. The fraction of sp³-hybridized carbons (Fsp3) is 0.200. The van der Waals surface area contributed by atoms with Crippen molar-refractivity contribution in [2.24, 2.45) is 5.92 Å². The molecule has 0 aliphatic heterocycles. The number of thiophene rings is 4. The molecule has 35 heavy (non-hydrogen) atoms. The highest BCUT2D eigenvalue weighted by Gasteiger charge is 2.28. The molecule has 0 radical (unpaired) electrons. The van der Waals surface area contributed by atoms with E-state index in [-0.39, 0.29) is 5.41 Å². The molecule has 4 aromatic rings. The molecule has 0 unspecified atom stereocenters. The van der Waals surface area contributed by atoms with Gasteiger partial charge in [-0.25, -0.2) is 0 Å². The number of hydrogen-bond acceptors (Lipinski definition) is 5. The summed E-state index contributed by atoms with van der Waals surface area (Å²) in [5.74, 6) is 0.447. The lowest BCUT2D eigenvalue weighted by Crippen LogP contribution is -2.15. The van der Waals surface area contributed by atoms with Crippen LogP contribution >= 0.6 is 57.1 Å². The first-order valence-electron chi connectivity index (χ1n) is 11.4. The van der Waals surface area contributed by atoms with Gasteiger partial charge in [0.2, 0.25) is 0 Å². The summed E-state index contributed by atoms with van der Waals surface area (Å²) in [4.78, 5) is 11.4. The van der Waals surface area contributed by atoms with Crippen molar-refractivity contribution < 1.29 is 0 Å². The number of allylic oxidation sites excluding steroid dienone is 1. The minimum Gasteiger partial charge on any atom is -0.142 e. The summed E-state index contributed by atoms with van der Waals surface area (Å²) in [5.41, 5.74) is 2.27. The molecule has 0 nitrogen and oxygen atoms in total. The van der Waals surface area contributed by atoms with Crippen LogP contribution in [0.5, 0.6) is 0 Å². The van der Waals surface area contributed by atoms with Gasteiger partial charge in [0.25, 0.3) is 0 Å². The Bertz CT molecular complexity index is 1400. The average Bonchev–Trinajstić information content (AvgIpc) is 3.61. The van der Waals surface area contributed by atoms with Gasteiger partial charge < -0.3 is 0 Å². The van der Waals surface area contributed by atoms with E-state index in [2.05, 4.69) is 95.8 Å². The molecule has 0 aliphatic rings. The molecule has 4 aromatic heterocycles. The van der Waals surface area contributed by atoms with Crippen molar-refractivity contribution in [3.05, 3.63) is 98.8 Å². The second kappa shape index (κ2) is 10.6. The van der Waals surface area contributed by atoms with Gasteiger partial charge in [0.05, 0.1) is 4.88 Å². The zero-order chi connectivity index (χ0) is 25.3. The van der Waals surface area contributed by atoms with Crippen LogP contribution in [0.3, 0.4) is 0 Å². The molecule has 0 amide bonds. The van der Waals surface area contributed by atoms with E-state index in [0.29, 0.717) is 5.92 Å². The molecule has 4 heterocycles. The lowest BCUT2D eigenvalue weighted by Gasteiger charge is -2.21. The van der Waals surface area contributed by atoms with Crippen LogP contribution in [-0.4, -0.2) is 0 Å². The minimum absolute atomic E-state index is 0.0623. The Labute approximate surface area is 230 Å². The summed E-state index contributed by atoms with van der Waals surface area (Å²) < 4.78 is 0. The Balaban J connectivity index is 1.56. The van der Waals surface area contributed by atoms with E-state index in [0.717, 1.165) is 15.4 Å². The van der Waals surface area contributed by atoms with Crippen LogP contribution in [0.4, 0.5) is 0 Å². The normalized spacial score (nSPS) is 11.7. The summed E-state index contributed by atoms with van der Waals surface area (Å²) in [7, 11) is 0. The highest BCUT2D eigenvalue weighted by Crippen LogP contribution is 2.47. The molecular weight excluding hydrogens is 521 g/mol. The van der Waals surface area contributed by atoms with Gasteiger partial charge >= 0.3 is 0 Å². The van der Waals surface area contributed by atoms with Gasteiger partial charge in [-0.2, -0.15) is 0 Å². The molecular formula is C30H30S5. The molecule has 0 aliphatic carbocycles. The highest BCUT2D eigenvalue weighted by molar-refractivity contribution is 8.11. The Morgan fingerprint density at radius 2 is 1.46 bits per heavy atom. The summed E-state index contributed by atoms with van der Waals surface area (Å²) in [5, 5.41) is 2.16. The Kier molecular flexibility index (Phi) is 7.94. The first kappa shape index (κ1) is 26.2. The van der Waals surface area contributed by atoms with Crippen molar-refractivity contribution in [1.82, 2.24) is 0 Å². The first-order chi connectivity index (χ1) is 16.6. The molecule has 0 atom stereocenters. The fourth-order valence-electron chi connectivity index (χ4n) is 3.61. The molecule has 180 valence electrons. The quantitative estimate of drug-likeness (QED) is 0.189. The van der Waals surface area contributed by atoms with Crippen LogP contribution in [0.2, 0.25) is 0 Å². The highest BCUT2D eigenvalue weighted by atomic mass is 32.2. The van der Waals surface area contributed by atoms with Gasteiger partial charge in [-0.3, -0.25) is 0 Å². The molecule has 0 aromatic carbocycles. The van der Waals surface area contributed by atoms with Crippen LogP contribution in [0.25, 0.3) is 36.6 Å². The Hall–Kier alpha value is -1.89. The van der Waals surface area contributed by atoms with Crippen molar-refractivity contribution in [1.29, 1.82) is 0 Å². The molecule has 5 heteroatoms. The topological polar surface area (TPSA) is 0 Å². The van der Waals surface area contributed by atoms with E-state index in [1.54, 1.807) is 23.1 Å².